The highest BCUT2D eigenvalue weighted by molar-refractivity contribution is 5.72. The highest BCUT2D eigenvalue weighted by Crippen LogP contribution is 2.33. The Kier molecular flexibility index (Phi) is 2.68. The summed E-state index contributed by atoms with van der Waals surface area (Å²) in [5, 5.41) is 0. The van der Waals surface area contributed by atoms with Crippen LogP contribution in [0, 0.1) is 0 Å². The number of methoxy groups -OCH3 is 1. The van der Waals surface area contributed by atoms with Crippen LogP contribution in [-0.4, -0.2) is 17.1 Å². The van der Waals surface area contributed by atoms with E-state index in [1.165, 1.54) is 12.7 Å². The zero-order valence-corrected chi connectivity index (χ0v) is 10.2. The lowest BCUT2D eigenvalue weighted by atomic mass is 10.1. The number of nitrogen functional groups attached to an aromatic ring is 1. The lowest BCUT2D eigenvalue weighted by Crippen LogP contribution is -1.89. The molecule has 96 valence electrons. The number of nitrogens with zero attached hydrogens (tertiary/aromatic N) is 2. The van der Waals surface area contributed by atoms with Gasteiger partial charge in [0.15, 0.2) is 12.2 Å². The topological polar surface area (TPSA) is 87.3 Å². The van der Waals surface area contributed by atoms with Gasteiger partial charge in [0.05, 0.1) is 18.9 Å². The van der Waals surface area contributed by atoms with Gasteiger partial charge in [0.1, 0.15) is 17.7 Å². The van der Waals surface area contributed by atoms with Gasteiger partial charge in [-0.1, -0.05) is 6.07 Å². The number of anilines is 1. The third-order valence-electron chi connectivity index (χ3n) is 2.72. The third kappa shape index (κ3) is 2.03. The van der Waals surface area contributed by atoms with Crippen molar-refractivity contribution in [2.45, 2.75) is 0 Å². The summed E-state index contributed by atoms with van der Waals surface area (Å²) >= 11 is 0. The first-order valence-corrected chi connectivity index (χ1v) is 5.56. The average Bonchev–Trinajstić information content (AvgIpc) is 3.09. The molecule has 0 aliphatic rings. The smallest absolute Gasteiger partial charge is 0.292 e. The fourth-order valence-electron chi connectivity index (χ4n) is 1.82. The fraction of sp³-hybridized carbons (Fsp3) is 0.0769. The Morgan fingerprint density at radius 3 is 2.79 bits per heavy atom. The van der Waals surface area contributed by atoms with Gasteiger partial charge in [-0.3, -0.25) is 0 Å². The van der Waals surface area contributed by atoms with E-state index in [2.05, 4.69) is 9.97 Å². The number of hydrogen-bond acceptors (Lipinski definition) is 6. The highest BCUT2D eigenvalue weighted by atomic mass is 16.5. The molecule has 0 fully saturated rings. The summed E-state index contributed by atoms with van der Waals surface area (Å²) in [6.07, 6.45) is 4.50. The predicted octanol–water partition coefficient (Wildman–Crippen LogP) is 2.59. The first-order valence-electron chi connectivity index (χ1n) is 5.56. The van der Waals surface area contributed by atoms with Crippen molar-refractivity contribution >= 4 is 6.01 Å². The molecule has 0 bridgehead atoms. The number of hydrogen-bond donors (Lipinski definition) is 1. The molecule has 19 heavy (non-hydrogen) atoms. The Labute approximate surface area is 108 Å². The van der Waals surface area contributed by atoms with Crippen molar-refractivity contribution in [2.24, 2.45) is 0 Å². The standard InChI is InChI=1S/C13H11N3O3/c1-17-11-4-8(10-6-18-13(14)16-10)2-3-9(11)12-5-15-7-19-12/h2-7H,1H3,(H2,14,16). The Morgan fingerprint density at radius 2 is 2.16 bits per heavy atom. The summed E-state index contributed by atoms with van der Waals surface area (Å²) in [4.78, 5) is 7.96. The van der Waals surface area contributed by atoms with Crippen molar-refractivity contribution in [3.8, 4) is 28.3 Å². The van der Waals surface area contributed by atoms with Crippen LogP contribution in [0.15, 0.2) is 45.9 Å². The molecule has 0 saturated carbocycles. The first-order chi connectivity index (χ1) is 9.28. The van der Waals surface area contributed by atoms with Gasteiger partial charge in [-0.2, -0.15) is 4.98 Å². The maximum absolute atomic E-state index is 5.46. The van der Waals surface area contributed by atoms with E-state index in [1.807, 2.05) is 18.2 Å². The molecule has 3 aromatic rings. The van der Waals surface area contributed by atoms with Gasteiger partial charge >= 0.3 is 0 Å². The number of benzene rings is 1. The number of rotatable bonds is 3. The van der Waals surface area contributed by atoms with Crippen LogP contribution in [-0.2, 0) is 0 Å². The predicted molar refractivity (Wildman–Crippen MR) is 68.4 cm³/mol. The Hall–Kier alpha value is -2.76. The molecule has 0 aliphatic heterocycles. The van der Waals surface area contributed by atoms with Crippen LogP contribution in [0.2, 0.25) is 0 Å². The van der Waals surface area contributed by atoms with Gasteiger partial charge in [-0.25, -0.2) is 4.98 Å². The molecule has 6 nitrogen and oxygen atoms in total. The average molecular weight is 257 g/mol. The molecular weight excluding hydrogens is 246 g/mol. The zero-order valence-electron chi connectivity index (χ0n) is 10.2. The molecule has 6 heteroatoms. The summed E-state index contributed by atoms with van der Waals surface area (Å²) in [7, 11) is 1.59. The summed E-state index contributed by atoms with van der Waals surface area (Å²) in [6.45, 7) is 0. The molecule has 2 N–H and O–H groups in total. The second kappa shape index (κ2) is 4.49. The van der Waals surface area contributed by atoms with Crippen LogP contribution in [0.3, 0.4) is 0 Å². The lowest BCUT2D eigenvalue weighted by molar-refractivity contribution is 0.415. The van der Waals surface area contributed by atoms with Crippen molar-refractivity contribution in [1.82, 2.24) is 9.97 Å². The Bertz CT molecular complexity index is 689. The van der Waals surface area contributed by atoms with E-state index in [9.17, 15) is 0 Å². The van der Waals surface area contributed by atoms with E-state index in [-0.39, 0.29) is 6.01 Å². The van der Waals surface area contributed by atoms with Crippen LogP contribution in [0.25, 0.3) is 22.6 Å². The lowest BCUT2D eigenvalue weighted by Gasteiger charge is -2.07. The largest absolute Gasteiger partial charge is 0.496 e. The van der Waals surface area contributed by atoms with E-state index in [1.54, 1.807) is 13.3 Å². The molecule has 0 atom stereocenters. The van der Waals surface area contributed by atoms with E-state index in [0.717, 1.165) is 11.1 Å². The molecule has 0 amide bonds. The SMILES string of the molecule is COc1cc(-c2coc(N)n2)ccc1-c1cnco1. The Morgan fingerprint density at radius 1 is 1.26 bits per heavy atom. The van der Waals surface area contributed by atoms with Gasteiger partial charge in [-0.05, 0) is 12.1 Å². The third-order valence-corrected chi connectivity index (χ3v) is 2.72. The maximum Gasteiger partial charge on any atom is 0.292 e. The van der Waals surface area contributed by atoms with Crippen LogP contribution in [0.5, 0.6) is 5.75 Å². The molecule has 3 rings (SSSR count). The molecule has 0 saturated heterocycles. The molecule has 2 aromatic heterocycles. The van der Waals surface area contributed by atoms with E-state index in [0.29, 0.717) is 17.2 Å². The summed E-state index contributed by atoms with van der Waals surface area (Å²) in [6, 6.07) is 5.74. The number of oxazole rings is 2. The van der Waals surface area contributed by atoms with Crippen LogP contribution in [0.4, 0.5) is 6.01 Å². The van der Waals surface area contributed by atoms with E-state index in [4.69, 9.17) is 19.3 Å². The van der Waals surface area contributed by atoms with Crippen LogP contribution >= 0.6 is 0 Å². The van der Waals surface area contributed by atoms with Gasteiger partial charge < -0.3 is 19.3 Å². The van der Waals surface area contributed by atoms with Gasteiger partial charge in [0.2, 0.25) is 0 Å². The second-order valence-corrected chi connectivity index (χ2v) is 3.85. The minimum absolute atomic E-state index is 0.133. The molecule has 1 aromatic carbocycles. The van der Waals surface area contributed by atoms with E-state index >= 15 is 0 Å². The summed E-state index contributed by atoms with van der Waals surface area (Å²) < 4.78 is 15.6. The van der Waals surface area contributed by atoms with Crippen molar-refractivity contribution in [1.29, 1.82) is 0 Å². The van der Waals surface area contributed by atoms with Gasteiger partial charge in [0, 0.05) is 5.56 Å². The Balaban J connectivity index is 2.07. The zero-order chi connectivity index (χ0) is 13.2. The molecule has 0 spiro atoms. The van der Waals surface area contributed by atoms with E-state index < -0.39 is 0 Å². The summed E-state index contributed by atoms with van der Waals surface area (Å²) in [5.74, 6) is 1.30. The van der Waals surface area contributed by atoms with Crippen molar-refractivity contribution < 1.29 is 13.6 Å². The maximum atomic E-state index is 5.46. The molecule has 0 aliphatic carbocycles. The van der Waals surface area contributed by atoms with Crippen molar-refractivity contribution in [3.63, 3.8) is 0 Å². The number of aromatic nitrogens is 2. The van der Waals surface area contributed by atoms with Gasteiger partial charge in [0.25, 0.3) is 6.01 Å². The molecule has 0 unspecified atom stereocenters. The monoisotopic (exact) mass is 257 g/mol. The van der Waals surface area contributed by atoms with Crippen molar-refractivity contribution in [2.75, 3.05) is 12.8 Å². The summed E-state index contributed by atoms with van der Waals surface area (Å²) in [5.41, 5.74) is 7.78. The minimum Gasteiger partial charge on any atom is -0.496 e. The van der Waals surface area contributed by atoms with Crippen LogP contribution < -0.4 is 10.5 Å². The number of ether oxygens (including phenoxy) is 1. The van der Waals surface area contributed by atoms with Gasteiger partial charge in [-0.15, -0.1) is 0 Å². The second-order valence-electron chi connectivity index (χ2n) is 3.85. The molecule has 0 radical (unpaired) electrons. The molecular formula is C13H11N3O3. The van der Waals surface area contributed by atoms with Crippen LogP contribution in [0.1, 0.15) is 0 Å². The quantitative estimate of drug-likeness (QED) is 0.775. The highest BCUT2D eigenvalue weighted by Gasteiger charge is 2.12. The fourth-order valence-corrected chi connectivity index (χ4v) is 1.82. The number of nitrogens with two attached hydrogens (primary N) is 1. The van der Waals surface area contributed by atoms with Crippen molar-refractivity contribution in [3.05, 3.63) is 37.1 Å². The normalized spacial score (nSPS) is 10.6. The minimum atomic E-state index is 0.133. The molecule has 2 heterocycles. The first kappa shape index (κ1) is 11.3.